The summed E-state index contributed by atoms with van der Waals surface area (Å²) in [5.41, 5.74) is 11.1. The smallest absolute Gasteiger partial charge is 0.243 e. The molecule has 0 aliphatic carbocycles. The van der Waals surface area contributed by atoms with E-state index in [1.54, 1.807) is 29.2 Å². The normalized spacial score (nSPS) is 14.5. The lowest BCUT2D eigenvalue weighted by Crippen LogP contribution is -2.52. The van der Waals surface area contributed by atoms with Crippen LogP contribution in [0.25, 0.3) is 0 Å². The molecule has 0 spiro atoms. The minimum Gasteiger partial charge on any atom is -0.354 e. The molecule has 248 valence electrons. The molecular formula is C40H44N4O4. The molecule has 1 aliphatic heterocycles. The van der Waals surface area contributed by atoms with Crippen LogP contribution in [0.3, 0.4) is 0 Å². The molecule has 2 atom stereocenters. The number of ketones is 1. The summed E-state index contributed by atoms with van der Waals surface area (Å²) in [6.45, 7) is 1.17. The second-order valence-corrected chi connectivity index (χ2v) is 12.3. The monoisotopic (exact) mass is 644 g/mol. The number of benzene rings is 4. The van der Waals surface area contributed by atoms with E-state index in [1.807, 2.05) is 66.7 Å². The van der Waals surface area contributed by atoms with Crippen LogP contribution in [-0.4, -0.2) is 53.6 Å². The number of nitrogens with one attached hydrogen (secondary N) is 2. The van der Waals surface area contributed by atoms with Crippen LogP contribution in [0.1, 0.15) is 70.6 Å². The summed E-state index contributed by atoms with van der Waals surface area (Å²) in [5, 5.41) is 6.04. The maximum absolute atomic E-state index is 13.4. The van der Waals surface area contributed by atoms with E-state index in [0.717, 1.165) is 22.3 Å². The van der Waals surface area contributed by atoms with Crippen molar-refractivity contribution in [3.63, 3.8) is 0 Å². The number of hydrogen-bond donors (Lipinski definition) is 3. The van der Waals surface area contributed by atoms with E-state index in [0.29, 0.717) is 50.9 Å². The highest BCUT2D eigenvalue weighted by Gasteiger charge is 2.34. The number of rotatable bonds is 15. The second kappa shape index (κ2) is 17.2. The molecule has 1 heterocycles. The summed E-state index contributed by atoms with van der Waals surface area (Å²) in [7, 11) is 0. The molecule has 48 heavy (non-hydrogen) atoms. The summed E-state index contributed by atoms with van der Waals surface area (Å²) in [4.78, 5) is 53.9. The number of hydrogen-bond acceptors (Lipinski definition) is 5. The Labute approximate surface area is 282 Å². The van der Waals surface area contributed by atoms with Gasteiger partial charge in [-0.1, -0.05) is 115 Å². The SMILES string of the molecule is N[C@H](CCCCNC(=O)[C@@H]1Cc2ccccc2CN1C(=O)CCC(=O)c1ccccc1)C(=O)NCC(c1ccccc1)c1ccccc1. The molecule has 0 radical (unpaired) electrons. The third-order valence-corrected chi connectivity index (χ3v) is 9.00. The van der Waals surface area contributed by atoms with Crippen molar-refractivity contribution in [1.29, 1.82) is 0 Å². The van der Waals surface area contributed by atoms with E-state index in [1.165, 1.54) is 0 Å². The van der Waals surface area contributed by atoms with E-state index < -0.39 is 12.1 Å². The minimum absolute atomic E-state index is 0.0151. The van der Waals surface area contributed by atoms with Crippen molar-refractivity contribution in [2.45, 2.75) is 63.1 Å². The maximum Gasteiger partial charge on any atom is 0.243 e. The van der Waals surface area contributed by atoms with Gasteiger partial charge in [0.05, 0.1) is 6.04 Å². The van der Waals surface area contributed by atoms with Crippen molar-refractivity contribution in [3.05, 3.63) is 143 Å². The Kier molecular flexibility index (Phi) is 12.3. The first-order chi connectivity index (χ1) is 23.4. The lowest BCUT2D eigenvalue weighted by molar-refractivity contribution is -0.141. The van der Waals surface area contributed by atoms with Crippen molar-refractivity contribution in [2.24, 2.45) is 5.73 Å². The number of unbranched alkanes of at least 4 members (excludes halogenated alkanes) is 1. The van der Waals surface area contributed by atoms with E-state index in [2.05, 4.69) is 34.9 Å². The number of amides is 3. The summed E-state index contributed by atoms with van der Waals surface area (Å²) in [6, 6.07) is 35.6. The topological polar surface area (TPSA) is 122 Å². The molecular weight excluding hydrogens is 600 g/mol. The average Bonchev–Trinajstić information content (AvgIpc) is 3.14. The molecule has 0 aromatic heterocycles. The van der Waals surface area contributed by atoms with Gasteiger partial charge in [-0.05, 0) is 41.5 Å². The molecule has 4 aromatic rings. The summed E-state index contributed by atoms with van der Waals surface area (Å²) < 4.78 is 0. The predicted octanol–water partition coefficient (Wildman–Crippen LogP) is 5.17. The zero-order chi connectivity index (χ0) is 33.7. The Morgan fingerprint density at radius 3 is 1.94 bits per heavy atom. The Morgan fingerprint density at radius 2 is 1.29 bits per heavy atom. The predicted molar refractivity (Wildman–Crippen MR) is 187 cm³/mol. The van der Waals surface area contributed by atoms with Crippen LogP contribution in [-0.2, 0) is 27.3 Å². The zero-order valence-corrected chi connectivity index (χ0v) is 27.2. The fourth-order valence-corrected chi connectivity index (χ4v) is 6.23. The van der Waals surface area contributed by atoms with Crippen LogP contribution in [0, 0.1) is 0 Å². The summed E-state index contributed by atoms with van der Waals surface area (Å²) in [6.07, 6.45) is 2.33. The molecule has 3 amide bonds. The molecule has 0 saturated heterocycles. The molecule has 4 N–H and O–H groups in total. The Hall–Kier alpha value is -5.08. The first-order valence-electron chi connectivity index (χ1n) is 16.8. The van der Waals surface area contributed by atoms with Gasteiger partial charge in [0.15, 0.2) is 5.78 Å². The molecule has 0 bridgehead atoms. The Morgan fingerprint density at radius 1 is 0.708 bits per heavy atom. The van der Waals surface area contributed by atoms with Crippen molar-refractivity contribution in [1.82, 2.24) is 15.5 Å². The van der Waals surface area contributed by atoms with E-state index >= 15 is 0 Å². The second-order valence-electron chi connectivity index (χ2n) is 12.3. The van der Waals surface area contributed by atoms with Crippen LogP contribution in [0.2, 0.25) is 0 Å². The fraction of sp³-hybridized carbons (Fsp3) is 0.300. The molecule has 0 unspecified atom stereocenters. The van der Waals surface area contributed by atoms with Gasteiger partial charge in [0.2, 0.25) is 17.7 Å². The number of carbonyl (C=O) groups is 4. The number of fused-ring (bicyclic) bond motifs is 1. The van der Waals surface area contributed by atoms with Gasteiger partial charge < -0.3 is 21.3 Å². The number of nitrogens with two attached hydrogens (primary N) is 1. The van der Waals surface area contributed by atoms with Gasteiger partial charge in [-0.15, -0.1) is 0 Å². The van der Waals surface area contributed by atoms with Crippen molar-refractivity contribution in [3.8, 4) is 0 Å². The molecule has 0 fully saturated rings. The Bertz CT molecular complexity index is 1620. The van der Waals surface area contributed by atoms with Crippen molar-refractivity contribution >= 4 is 23.5 Å². The zero-order valence-electron chi connectivity index (χ0n) is 27.2. The van der Waals surface area contributed by atoms with Gasteiger partial charge in [-0.2, -0.15) is 0 Å². The summed E-state index contributed by atoms with van der Waals surface area (Å²) >= 11 is 0. The third kappa shape index (κ3) is 9.26. The lowest BCUT2D eigenvalue weighted by Gasteiger charge is -2.36. The van der Waals surface area contributed by atoms with Gasteiger partial charge in [-0.3, -0.25) is 19.2 Å². The van der Waals surface area contributed by atoms with Gasteiger partial charge in [0, 0.05) is 50.4 Å². The highest BCUT2D eigenvalue weighted by molar-refractivity contribution is 5.98. The molecule has 5 rings (SSSR count). The third-order valence-electron chi connectivity index (χ3n) is 9.00. The largest absolute Gasteiger partial charge is 0.354 e. The standard InChI is InChI=1S/C40H44N4O4/c41-35(39(47)43-27-34(29-14-4-1-5-15-29)30-16-6-2-7-17-30)22-12-13-25-42-40(48)36-26-32-20-10-11-21-33(32)28-44(36)38(46)24-23-37(45)31-18-8-3-9-19-31/h1-11,14-21,34-36H,12-13,22-28,41H2,(H,42,48)(H,43,47)/t35-,36+/m1/s1. The molecule has 8 heteroatoms. The molecule has 4 aromatic carbocycles. The van der Waals surface area contributed by atoms with Gasteiger partial charge >= 0.3 is 0 Å². The minimum atomic E-state index is -0.658. The quantitative estimate of drug-likeness (QED) is 0.122. The number of carbonyl (C=O) groups excluding carboxylic acids is 4. The molecule has 8 nitrogen and oxygen atoms in total. The van der Waals surface area contributed by atoms with Crippen LogP contribution in [0.15, 0.2) is 115 Å². The average molecular weight is 645 g/mol. The van der Waals surface area contributed by atoms with E-state index in [-0.39, 0.29) is 42.3 Å². The van der Waals surface area contributed by atoms with Gasteiger partial charge in [-0.25, -0.2) is 0 Å². The van der Waals surface area contributed by atoms with Crippen LogP contribution >= 0.6 is 0 Å². The highest BCUT2D eigenvalue weighted by atomic mass is 16.2. The lowest BCUT2D eigenvalue weighted by atomic mass is 9.91. The highest BCUT2D eigenvalue weighted by Crippen LogP contribution is 2.26. The summed E-state index contributed by atoms with van der Waals surface area (Å²) in [5.74, 6) is -0.714. The first-order valence-corrected chi connectivity index (χ1v) is 16.8. The number of Topliss-reactive ketones (excluding diaryl/α,β-unsaturated/α-hetero) is 1. The number of nitrogens with zero attached hydrogens (tertiary/aromatic N) is 1. The maximum atomic E-state index is 13.4. The van der Waals surface area contributed by atoms with Crippen LogP contribution in [0.5, 0.6) is 0 Å². The van der Waals surface area contributed by atoms with E-state index in [9.17, 15) is 19.2 Å². The Balaban J connectivity index is 1.08. The molecule has 0 saturated carbocycles. The molecule has 1 aliphatic rings. The van der Waals surface area contributed by atoms with Crippen molar-refractivity contribution < 1.29 is 19.2 Å². The van der Waals surface area contributed by atoms with Crippen molar-refractivity contribution in [2.75, 3.05) is 13.1 Å². The fourth-order valence-electron chi connectivity index (χ4n) is 6.23. The van der Waals surface area contributed by atoms with Gasteiger partial charge in [0.25, 0.3) is 0 Å². The van der Waals surface area contributed by atoms with E-state index in [4.69, 9.17) is 5.73 Å². The first kappa shape index (κ1) is 34.3. The van der Waals surface area contributed by atoms with Crippen LogP contribution in [0.4, 0.5) is 0 Å². The van der Waals surface area contributed by atoms with Crippen LogP contribution < -0.4 is 16.4 Å². The van der Waals surface area contributed by atoms with Gasteiger partial charge in [0.1, 0.15) is 6.04 Å².